The van der Waals surface area contributed by atoms with E-state index in [-0.39, 0.29) is 17.9 Å². The van der Waals surface area contributed by atoms with Crippen molar-refractivity contribution in [1.29, 1.82) is 0 Å². The number of aromatic nitrogens is 3. The molecular weight excluding hydrogens is 552 g/mol. The number of carbonyl (C=O) groups is 1. The van der Waals surface area contributed by atoms with E-state index in [9.17, 15) is 4.79 Å². The average molecular weight is 587 g/mol. The number of ether oxygens (including phenoxy) is 2. The monoisotopic (exact) mass is 586 g/mol. The lowest BCUT2D eigenvalue weighted by Gasteiger charge is -2.18. The number of nitrogens with one attached hydrogen (secondary N) is 2. The predicted octanol–water partition coefficient (Wildman–Crippen LogP) is 6.62. The lowest BCUT2D eigenvalue weighted by Crippen LogP contribution is -2.23. The Hall–Kier alpha value is -4.21. The molecule has 1 atom stereocenters. The lowest BCUT2D eigenvalue weighted by atomic mass is 10.1. The first-order chi connectivity index (χ1) is 20.4. The van der Waals surface area contributed by atoms with Gasteiger partial charge in [0.1, 0.15) is 24.5 Å². The van der Waals surface area contributed by atoms with Crippen LogP contribution >= 0.6 is 11.6 Å². The number of pyridine rings is 1. The van der Waals surface area contributed by atoms with Crippen molar-refractivity contribution in [3.63, 3.8) is 0 Å². The molecule has 1 fully saturated rings. The Bertz CT molecular complexity index is 1560. The van der Waals surface area contributed by atoms with Gasteiger partial charge < -0.3 is 20.1 Å². The summed E-state index contributed by atoms with van der Waals surface area (Å²) < 4.78 is 12.2. The van der Waals surface area contributed by atoms with Crippen LogP contribution in [0.3, 0.4) is 0 Å². The molecule has 4 aromatic rings. The van der Waals surface area contributed by atoms with Gasteiger partial charge >= 0.3 is 0 Å². The first kappa shape index (κ1) is 29.3. The molecule has 3 heterocycles. The molecule has 10 heteroatoms. The van der Waals surface area contributed by atoms with Gasteiger partial charge in [0, 0.05) is 24.0 Å². The van der Waals surface area contributed by atoms with E-state index in [2.05, 4.69) is 51.4 Å². The number of amides is 1. The van der Waals surface area contributed by atoms with E-state index in [0.29, 0.717) is 57.8 Å². The van der Waals surface area contributed by atoms with Crippen LogP contribution in [0.2, 0.25) is 5.02 Å². The summed E-state index contributed by atoms with van der Waals surface area (Å²) in [4.78, 5) is 28.4. The molecule has 0 saturated carbocycles. The van der Waals surface area contributed by atoms with E-state index in [1.54, 1.807) is 24.4 Å². The number of likely N-dealkylation sites (N-methyl/N-ethyl adjacent to an activating group) is 1. The van der Waals surface area contributed by atoms with Crippen molar-refractivity contribution in [2.75, 3.05) is 30.8 Å². The summed E-state index contributed by atoms with van der Waals surface area (Å²) in [6.07, 6.45) is 8.95. The molecule has 0 spiro atoms. The number of carbonyl (C=O) groups excluding carboxylic acids is 1. The average Bonchev–Trinajstić information content (AvgIpc) is 3.40. The number of rotatable bonds is 11. The van der Waals surface area contributed by atoms with Crippen LogP contribution in [0.4, 0.5) is 17.2 Å². The molecule has 1 aliphatic heterocycles. The fraction of sp³-hybridized carbons (Fsp3) is 0.312. The van der Waals surface area contributed by atoms with Crippen molar-refractivity contribution in [1.82, 2.24) is 19.9 Å². The van der Waals surface area contributed by atoms with Crippen molar-refractivity contribution in [2.24, 2.45) is 5.92 Å². The SMILES string of the molecule is CC(C)COc1c(NC(=O)/C=C/[C@H]2CCCN2C)ccc2ncnc(Nc3ccc(OCc4ccccn4)c(Cl)c3)c12. The highest BCUT2D eigenvalue weighted by atomic mass is 35.5. The number of halogens is 1. The zero-order valence-corrected chi connectivity index (χ0v) is 24.8. The van der Waals surface area contributed by atoms with Crippen molar-refractivity contribution < 1.29 is 14.3 Å². The highest BCUT2D eigenvalue weighted by molar-refractivity contribution is 6.32. The summed E-state index contributed by atoms with van der Waals surface area (Å²) in [5.74, 6) is 1.62. The minimum absolute atomic E-state index is 0.219. The normalized spacial score (nSPS) is 15.4. The predicted molar refractivity (Wildman–Crippen MR) is 167 cm³/mol. The largest absolute Gasteiger partial charge is 0.490 e. The quantitative estimate of drug-likeness (QED) is 0.189. The zero-order chi connectivity index (χ0) is 29.5. The first-order valence-electron chi connectivity index (χ1n) is 14.1. The molecule has 0 radical (unpaired) electrons. The van der Waals surface area contributed by atoms with Gasteiger partial charge in [0.25, 0.3) is 0 Å². The number of likely N-dealkylation sites (tertiary alicyclic amines) is 1. The van der Waals surface area contributed by atoms with Crippen LogP contribution in [-0.2, 0) is 11.4 Å². The summed E-state index contributed by atoms with van der Waals surface area (Å²) in [5.41, 5.74) is 2.74. The summed E-state index contributed by atoms with van der Waals surface area (Å²) in [6, 6.07) is 15.0. The number of benzene rings is 2. The van der Waals surface area contributed by atoms with Gasteiger partial charge in [-0.25, -0.2) is 9.97 Å². The van der Waals surface area contributed by atoms with Gasteiger partial charge in [-0.3, -0.25) is 14.7 Å². The second kappa shape index (κ2) is 13.6. The first-order valence-corrected chi connectivity index (χ1v) is 14.4. The Morgan fingerprint density at radius 2 is 2.02 bits per heavy atom. The molecule has 42 heavy (non-hydrogen) atoms. The van der Waals surface area contributed by atoms with Crippen molar-refractivity contribution in [3.8, 4) is 11.5 Å². The highest BCUT2D eigenvalue weighted by Crippen LogP contribution is 2.39. The zero-order valence-electron chi connectivity index (χ0n) is 24.0. The topological polar surface area (TPSA) is 102 Å². The third-order valence-electron chi connectivity index (χ3n) is 6.92. The number of hydrogen-bond acceptors (Lipinski definition) is 8. The van der Waals surface area contributed by atoms with Crippen LogP contribution < -0.4 is 20.1 Å². The summed E-state index contributed by atoms with van der Waals surface area (Å²) in [7, 11) is 2.07. The van der Waals surface area contributed by atoms with Crippen molar-refractivity contribution in [2.45, 2.75) is 39.3 Å². The van der Waals surface area contributed by atoms with Crippen LogP contribution in [0.15, 0.2) is 73.2 Å². The fourth-order valence-corrected chi connectivity index (χ4v) is 4.97. The fourth-order valence-electron chi connectivity index (χ4n) is 4.73. The maximum atomic E-state index is 12.9. The second-order valence-corrected chi connectivity index (χ2v) is 11.1. The molecule has 1 saturated heterocycles. The molecular formula is C32H35ClN6O3. The van der Waals surface area contributed by atoms with Crippen LogP contribution in [-0.4, -0.2) is 52.0 Å². The molecule has 0 bridgehead atoms. The Kier molecular flexibility index (Phi) is 9.51. The van der Waals surface area contributed by atoms with E-state index < -0.39 is 0 Å². The van der Waals surface area contributed by atoms with Crippen LogP contribution in [0.5, 0.6) is 11.5 Å². The molecule has 2 aromatic heterocycles. The molecule has 5 rings (SSSR count). The number of hydrogen-bond donors (Lipinski definition) is 2. The van der Waals surface area contributed by atoms with E-state index in [0.717, 1.165) is 25.1 Å². The van der Waals surface area contributed by atoms with E-state index in [1.165, 1.54) is 6.33 Å². The Morgan fingerprint density at radius 3 is 2.76 bits per heavy atom. The summed E-state index contributed by atoms with van der Waals surface area (Å²) in [6.45, 7) is 5.93. The second-order valence-electron chi connectivity index (χ2n) is 10.7. The minimum atomic E-state index is -0.219. The molecule has 2 N–H and O–H groups in total. The third kappa shape index (κ3) is 7.35. The van der Waals surface area contributed by atoms with E-state index in [1.807, 2.05) is 42.5 Å². The van der Waals surface area contributed by atoms with Gasteiger partial charge in [-0.2, -0.15) is 0 Å². The van der Waals surface area contributed by atoms with Gasteiger partial charge in [0.2, 0.25) is 5.91 Å². The molecule has 1 amide bonds. The Morgan fingerprint density at radius 1 is 1.14 bits per heavy atom. The summed E-state index contributed by atoms with van der Waals surface area (Å²) in [5, 5.41) is 7.45. The number of anilines is 3. The summed E-state index contributed by atoms with van der Waals surface area (Å²) >= 11 is 6.56. The Labute approximate surface area is 250 Å². The standard InChI is InChI=1S/C32H35ClN6O3/c1-21(2)18-42-31-27(38-29(40)14-10-24-8-6-16-39(24)3)12-11-26-30(31)32(36-20-35-26)37-22-9-13-28(25(33)17-22)41-19-23-7-4-5-15-34-23/h4-5,7,9-15,17,20-21,24H,6,8,16,18-19H2,1-3H3,(H,38,40)(H,35,36,37)/b14-10+/t24-/m1/s1. The minimum Gasteiger partial charge on any atom is -0.490 e. The van der Waals surface area contributed by atoms with Gasteiger partial charge in [-0.1, -0.05) is 37.6 Å². The third-order valence-corrected chi connectivity index (χ3v) is 7.21. The van der Waals surface area contributed by atoms with Crippen LogP contribution in [0.1, 0.15) is 32.4 Å². The van der Waals surface area contributed by atoms with Crippen LogP contribution in [0, 0.1) is 5.92 Å². The Balaban J connectivity index is 1.40. The maximum Gasteiger partial charge on any atom is 0.248 e. The molecule has 1 aliphatic rings. The highest BCUT2D eigenvalue weighted by Gasteiger charge is 2.20. The smallest absolute Gasteiger partial charge is 0.248 e. The molecule has 218 valence electrons. The maximum absolute atomic E-state index is 12.9. The van der Waals surface area contributed by atoms with Gasteiger partial charge in [0.05, 0.1) is 33.9 Å². The van der Waals surface area contributed by atoms with Crippen molar-refractivity contribution in [3.05, 3.63) is 83.9 Å². The lowest BCUT2D eigenvalue weighted by molar-refractivity contribution is -0.112. The van der Waals surface area contributed by atoms with Gasteiger partial charge in [0.15, 0.2) is 5.75 Å². The van der Waals surface area contributed by atoms with Crippen LogP contribution in [0.25, 0.3) is 10.9 Å². The molecule has 0 unspecified atom stereocenters. The molecule has 0 aliphatic carbocycles. The van der Waals surface area contributed by atoms with Crippen molar-refractivity contribution >= 4 is 45.6 Å². The number of fused-ring (bicyclic) bond motifs is 1. The van der Waals surface area contributed by atoms with Gasteiger partial charge in [-0.15, -0.1) is 0 Å². The molecule has 9 nitrogen and oxygen atoms in total. The van der Waals surface area contributed by atoms with E-state index in [4.69, 9.17) is 21.1 Å². The van der Waals surface area contributed by atoms with Gasteiger partial charge in [-0.05, 0) is 74.8 Å². The molecule has 2 aromatic carbocycles. The van der Waals surface area contributed by atoms with E-state index >= 15 is 0 Å². The number of nitrogens with zero attached hydrogens (tertiary/aromatic N) is 4.